The lowest BCUT2D eigenvalue weighted by atomic mass is 9.61. The van der Waals surface area contributed by atoms with Gasteiger partial charge in [0.05, 0.1) is 0 Å². The van der Waals surface area contributed by atoms with Crippen molar-refractivity contribution in [3.05, 3.63) is 0 Å². The largest absolute Gasteiger partial charge is 0.319 e. The Morgan fingerprint density at radius 1 is 1.15 bits per heavy atom. The van der Waals surface area contributed by atoms with Gasteiger partial charge in [-0.3, -0.25) is 0 Å². The molecule has 0 radical (unpaired) electrons. The zero-order valence-electron chi connectivity index (χ0n) is 10.5. The fourth-order valence-corrected chi connectivity index (χ4v) is 1.85. The Morgan fingerprint density at radius 3 is 1.92 bits per heavy atom. The van der Waals surface area contributed by atoms with Crippen LogP contribution in [-0.2, 0) is 0 Å². The Morgan fingerprint density at radius 2 is 1.62 bits per heavy atom. The molecule has 80 valence electrons. The summed E-state index contributed by atoms with van der Waals surface area (Å²) in [5.41, 5.74) is 0.752. The Labute approximate surface area is 84.3 Å². The molecule has 0 rings (SSSR count). The molecule has 0 spiro atoms. The molecule has 1 atom stereocenters. The highest BCUT2D eigenvalue weighted by Gasteiger charge is 2.39. The van der Waals surface area contributed by atoms with Crippen molar-refractivity contribution in [2.45, 2.75) is 48.0 Å². The normalized spacial score (nSPS) is 15.9. The first-order valence-corrected chi connectivity index (χ1v) is 5.44. The van der Waals surface area contributed by atoms with E-state index in [2.05, 4.69) is 46.9 Å². The maximum atomic E-state index is 3.29. The summed E-state index contributed by atoms with van der Waals surface area (Å²) in [6, 6.07) is 0. The fraction of sp³-hybridized carbons (Fsp3) is 1.00. The van der Waals surface area contributed by atoms with Gasteiger partial charge in [0.25, 0.3) is 0 Å². The number of nitrogens with one attached hydrogen (secondary N) is 1. The van der Waals surface area contributed by atoms with E-state index >= 15 is 0 Å². The van der Waals surface area contributed by atoms with Gasteiger partial charge in [-0.2, -0.15) is 0 Å². The molecule has 0 bridgehead atoms. The van der Waals surface area contributed by atoms with Gasteiger partial charge in [0.15, 0.2) is 0 Å². The van der Waals surface area contributed by atoms with E-state index in [1.807, 2.05) is 7.05 Å². The zero-order valence-corrected chi connectivity index (χ0v) is 10.5. The molecule has 0 saturated carbocycles. The molecular weight excluding hydrogens is 158 g/mol. The predicted molar refractivity (Wildman–Crippen MR) is 60.9 cm³/mol. The molecule has 1 nitrogen and oxygen atoms in total. The highest BCUT2D eigenvalue weighted by molar-refractivity contribution is 4.90. The summed E-state index contributed by atoms with van der Waals surface area (Å²) in [6.07, 6.45) is 1.26. The van der Waals surface area contributed by atoms with E-state index in [1.54, 1.807) is 0 Å². The van der Waals surface area contributed by atoms with Crippen LogP contribution in [0.5, 0.6) is 0 Å². The van der Waals surface area contributed by atoms with Gasteiger partial charge in [-0.25, -0.2) is 0 Å². The van der Waals surface area contributed by atoms with Gasteiger partial charge in [-0.15, -0.1) is 0 Å². The summed E-state index contributed by atoms with van der Waals surface area (Å²) >= 11 is 0. The van der Waals surface area contributed by atoms with Crippen LogP contribution in [0.3, 0.4) is 0 Å². The van der Waals surface area contributed by atoms with Gasteiger partial charge in [-0.1, -0.05) is 48.0 Å². The summed E-state index contributed by atoms with van der Waals surface area (Å²) in [6.45, 7) is 15.2. The quantitative estimate of drug-likeness (QED) is 0.693. The molecule has 0 aromatic rings. The van der Waals surface area contributed by atoms with E-state index in [-0.39, 0.29) is 0 Å². The maximum Gasteiger partial charge on any atom is 0.000472 e. The van der Waals surface area contributed by atoms with Crippen LogP contribution in [-0.4, -0.2) is 13.6 Å². The third-order valence-corrected chi connectivity index (χ3v) is 4.21. The van der Waals surface area contributed by atoms with Crippen molar-refractivity contribution >= 4 is 0 Å². The SMILES string of the molecule is CCC(C)C(C)(C)C(C)(C)CNC. The molecule has 0 aromatic heterocycles. The highest BCUT2D eigenvalue weighted by Crippen LogP contribution is 2.45. The van der Waals surface area contributed by atoms with Crippen LogP contribution >= 0.6 is 0 Å². The Hall–Kier alpha value is -0.0400. The molecule has 1 N–H and O–H groups in total. The van der Waals surface area contributed by atoms with Crippen molar-refractivity contribution in [3.8, 4) is 0 Å². The lowest BCUT2D eigenvalue weighted by Gasteiger charge is -2.46. The van der Waals surface area contributed by atoms with Crippen LogP contribution in [0.1, 0.15) is 48.0 Å². The molecule has 0 aliphatic heterocycles. The Kier molecular flexibility index (Phi) is 4.44. The Balaban J connectivity index is 4.58. The first-order chi connectivity index (χ1) is 5.79. The second kappa shape index (κ2) is 4.45. The smallest absolute Gasteiger partial charge is 0.000472 e. The molecule has 0 aliphatic carbocycles. The molecule has 1 heteroatoms. The van der Waals surface area contributed by atoms with Crippen LogP contribution in [0.15, 0.2) is 0 Å². The predicted octanol–water partition coefficient (Wildman–Crippen LogP) is 3.30. The van der Waals surface area contributed by atoms with E-state index < -0.39 is 0 Å². The summed E-state index contributed by atoms with van der Waals surface area (Å²) < 4.78 is 0. The Bertz CT molecular complexity index is 147. The van der Waals surface area contributed by atoms with Crippen LogP contribution < -0.4 is 5.32 Å². The molecule has 1 unspecified atom stereocenters. The summed E-state index contributed by atoms with van der Waals surface area (Å²) in [5.74, 6) is 0.774. The van der Waals surface area contributed by atoms with E-state index in [1.165, 1.54) is 6.42 Å². The molecular formula is C12H27N. The topological polar surface area (TPSA) is 12.0 Å². The van der Waals surface area contributed by atoms with Crippen LogP contribution in [0.2, 0.25) is 0 Å². The number of rotatable bonds is 5. The second-order valence-electron chi connectivity index (χ2n) is 5.45. The maximum absolute atomic E-state index is 3.29. The third kappa shape index (κ3) is 2.70. The van der Waals surface area contributed by atoms with E-state index in [9.17, 15) is 0 Å². The molecule has 0 amide bonds. The zero-order chi connectivity index (χ0) is 10.7. The van der Waals surface area contributed by atoms with Gasteiger partial charge >= 0.3 is 0 Å². The minimum absolute atomic E-state index is 0.358. The summed E-state index contributed by atoms with van der Waals surface area (Å²) in [5, 5.41) is 3.29. The van der Waals surface area contributed by atoms with Crippen molar-refractivity contribution < 1.29 is 0 Å². The van der Waals surface area contributed by atoms with Crippen LogP contribution in [0.4, 0.5) is 0 Å². The molecule has 0 fully saturated rings. The van der Waals surface area contributed by atoms with Crippen molar-refractivity contribution in [1.82, 2.24) is 5.32 Å². The molecule has 0 heterocycles. The van der Waals surface area contributed by atoms with Crippen LogP contribution in [0.25, 0.3) is 0 Å². The standard InChI is InChI=1S/C12H27N/c1-8-10(2)12(5,6)11(3,4)9-13-7/h10,13H,8-9H2,1-7H3. The minimum atomic E-state index is 0.358. The van der Waals surface area contributed by atoms with Gasteiger partial charge in [0.2, 0.25) is 0 Å². The average Bonchev–Trinajstić information content (AvgIpc) is 2.02. The summed E-state index contributed by atoms with van der Waals surface area (Å²) in [7, 11) is 2.04. The van der Waals surface area contributed by atoms with E-state index in [0.717, 1.165) is 12.5 Å². The molecule has 13 heavy (non-hydrogen) atoms. The van der Waals surface area contributed by atoms with Gasteiger partial charge in [0.1, 0.15) is 0 Å². The van der Waals surface area contributed by atoms with E-state index in [0.29, 0.717) is 10.8 Å². The molecule has 0 aliphatic rings. The number of hydrogen-bond donors (Lipinski definition) is 1. The first kappa shape index (κ1) is 13.0. The van der Waals surface area contributed by atoms with Gasteiger partial charge in [0, 0.05) is 6.54 Å². The number of hydrogen-bond acceptors (Lipinski definition) is 1. The lowest BCUT2D eigenvalue weighted by Crippen LogP contribution is -2.43. The van der Waals surface area contributed by atoms with Crippen molar-refractivity contribution in [3.63, 3.8) is 0 Å². The first-order valence-electron chi connectivity index (χ1n) is 5.44. The monoisotopic (exact) mass is 185 g/mol. The van der Waals surface area contributed by atoms with E-state index in [4.69, 9.17) is 0 Å². The van der Waals surface area contributed by atoms with Crippen molar-refractivity contribution in [2.75, 3.05) is 13.6 Å². The third-order valence-electron chi connectivity index (χ3n) is 4.21. The fourth-order valence-electron chi connectivity index (χ4n) is 1.85. The van der Waals surface area contributed by atoms with Gasteiger partial charge < -0.3 is 5.32 Å². The van der Waals surface area contributed by atoms with Crippen molar-refractivity contribution in [2.24, 2.45) is 16.7 Å². The van der Waals surface area contributed by atoms with Gasteiger partial charge in [-0.05, 0) is 23.8 Å². The molecule has 0 saturated heterocycles. The average molecular weight is 185 g/mol. The lowest BCUT2D eigenvalue weighted by molar-refractivity contribution is 0.0468. The highest BCUT2D eigenvalue weighted by atomic mass is 14.8. The van der Waals surface area contributed by atoms with Crippen LogP contribution in [0, 0.1) is 16.7 Å². The second-order valence-corrected chi connectivity index (χ2v) is 5.45. The molecule has 0 aromatic carbocycles. The minimum Gasteiger partial charge on any atom is -0.319 e. The summed E-state index contributed by atoms with van der Waals surface area (Å²) in [4.78, 5) is 0. The van der Waals surface area contributed by atoms with Crippen molar-refractivity contribution in [1.29, 1.82) is 0 Å².